The Kier molecular flexibility index (Phi) is 14.1. The van der Waals surface area contributed by atoms with Crippen molar-refractivity contribution in [3.05, 3.63) is 65.2 Å². The molecule has 0 amide bonds. The zero-order chi connectivity index (χ0) is 42.2. The molecule has 9 N–H and O–H groups in total. The molecule has 30 heteroatoms. The molecule has 57 heavy (non-hydrogen) atoms. The monoisotopic (exact) mass is 896 g/mol. The Morgan fingerprint density at radius 2 is 0.982 bits per heavy atom. The van der Waals surface area contributed by atoms with Gasteiger partial charge in [-0.2, -0.15) is 62.0 Å². The molecule has 4 rings (SSSR count). The average molecular weight is 897 g/mol. The van der Waals surface area contributed by atoms with Crippen molar-refractivity contribution in [2.45, 2.75) is 16.2 Å². The van der Waals surface area contributed by atoms with Crippen LogP contribution >= 0.6 is 0 Å². The number of nitrogens with one attached hydrogen (secondary N) is 4. The molecule has 0 aliphatic rings. The molecule has 0 unspecified atom stereocenters. The fourth-order valence-electron chi connectivity index (χ4n) is 4.48. The summed E-state index contributed by atoms with van der Waals surface area (Å²) in [7, 11) is -22.9. The van der Waals surface area contributed by atoms with Crippen molar-refractivity contribution in [1.82, 2.24) is 29.9 Å². The molecule has 0 aliphatic carbocycles. The zero-order valence-electron chi connectivity index (χ0n) is 28.7. The first-order valence-electron chi connectivity index (χ1n) is 15.5. The summed E-state index contributed by atoms with van der Waals surface area (Å²) >= 11 is 0. The van der Waals surface area contributed by atoms with Crippen molar-refractivity contribution in [3.63, 3.8) is 0 Å². The number of aromatic nitrogens is 6. The van der Waals surface area contributed by atoms with Gasteiger partial charge in [-0.1, -0.05) is 30.4 Å². The van der Waals surface area contributed by atoms with Crippen LogP contribution in [-0.2, 0) is 57.0 Å². The van der Waals surface area contributed by atoms with Gasteiger partial charge in [0, 0.05) is 31.7 Å². The predicted octanol–water partition coefficient (Wildman–Crippen LogP) is -0.0461. The lowest BCUT2D eigenvalue weighted by molar-refractivity contribution is 0.480. The van der Waals surface area contributed by atoms with E-state index < -0.39 is 77.6 Å². The Bertz CT molecular complexity index is 2660. The third-order valence-corrected chi connectivity index (χ3v) is 10.9. The molecule has 2 aromatic carbocycles. The minimum absolute atomic E-state index is 0.0339. The number of anilines is 5. The first-order valence-corrected chi connectivity index (χ1v) is 23.2. The summed E-state index contributed by atoms with van der Waals surface area (Å²) in [6.07, 6.45) is 3.29. The second kappa shape index (κ2) is 18.0. The van der Waals surface area contributed by atoms with E-state index in [1.54, 1.807) is 0 Å². The molecule has 25 nitrogen and oxygen atoms in total. The van der Waals surface area contributed by atoms with E-state index in [9.17, 15) is 51.2 Å². The van der Waals surface area contributed by atoms with Crippen LogP contribution in [0.3, 0.4) is 0 Å². The molecule has 2 aromatic heterocycles. The van der Waals surface area contributed by atoms with Crippen molar-refractivity contribution in [3.8, 4) is 0 Å². The molecule has 0 radical (unpaired) electrons. The SMILES string of the molecule is O=S(=O)(O)CCNc1ncnc(Cc2ccc(/C=C/c3ccc(Nc4nc(NCCS(=O)(=O)O)nc(NCCS(=O)(=O)O)n4)cc3S(=O)(=O)O)c(S(=O)(=O)O)c2)n1. The molecular formula is C27H32N10O15S5. The van der Waals surface area contributed by atoms with E-state index >= 15 is 0 Å². The molecule has 0 aliphatic heterocycles. The van der Waals surface area contributed by atoms with Crippen LogP contribution in [0.1, 0.15) is 22.5 Å². The van der Waals surface area contributed by atoms with Gasteiger partial charge >= 0.3 is 0 Å². The maximum Gasteiger partial charge on any atom is 0.295 e. The second-order valence-corrected chi connectivity index (χ2v) is 18.9. The van der Waals surface area contributed by atoms with Gasteiger partial charge in [-0.3, -0.25) is 22.8 Å². The number of nitrogens with zero attached hydrogens (tertiary/aromatic N) is 6. The Hall–Kier alpha value is -5.05. The third-order valence-electron chi connectivity index (χ3n) is 6.89. The van der Waals surface area contributed by atoms with E-state index in [1.165, 1.54) is 24.3 Å². The van der Waals surface area contributed by atoms with Crippen LogP contribution in [0.5, 0.6) is 0 Å². The average Bonchev–Trinajstić information content (AvgIpc) is 3.05. The topological polar surface area (TPSA) is 397 Å². The quantitative estimate of drug-likeness (QED) is 0.0415. The number of hydrogen-bond acceptors (Lipinski definition) is 20. The van der Waals surface area contributed by atoms with E-state index in [1.807, 2.05) is 0 Å². The molecule has 0 bridgehead atoms. The summed E-state index contributed by atoms with van der Waals surface area (Å²) in [6, 6.07) is 7.28. The second-order valence-electron chi connectivity index (χ2n) is 11.4. The van der Waals surface area contributed by atoms with Crippen molar-refractivity contribution in [2.75, 3.05) is 58.2 Å². The van der Waals surface area contributed by atoms with Crippen LogP contribution in [0.4, 0.5) is 29.5 Å². The summed E-state index contributed by atoms with van der Waals surface area (Å²) < 4.78 is 163. The van der Waals surface area contributed by atoms with E-state index in [0.29, 0.717) is 0 Å². The van der Waals surface area contributed by atoms with Crippen LogP contribution in [0.15, 0.2) is 52.5 Å². The lowest BCUT2D eigenvalue weighted by Crippen LogP contribution is -2.19. The van der Waals surface area contributed by atoms with Crippen molar-refractivity contribution in [2.24, 2.45) is 0 Å². The van der Waals surface area contributed by atoms with Crippen LogP contribution in [0.2, 0.25) is 0 Å². The fourth-order valence-corrected chi connectivity index (χ4v) is 7.00. The fraction of sp³-hybridized carbons (Fsp3) is 0.259. The van der Waals surface area contributed by atoms with Gasteiger partial charge in [0.1, 0.15) is 21.9 Å². The highest BCUT2D eigenvalue weighted by Gasteiger charge is 2.19. The predicted molar refractivity (Wildman–Crippen MR) is 202 cm³/mol. The van der Waals surface area contributed by atoms with E-state index in [0.717, 1.165) is 30.6 Å². The van der Waals surface area contributed by atoms with Gasteiger partial charge < -0.3 is 21.3 Å². The number of rotatable bonds is 20. The van der Waals surface area contributed by atoms with E-state index in [-0.39, 0.29) is 78.1 Å². The maximum absolute atomic E-state index is 12.4. The first-order chi connectivity index (χ1) is 26.3. The summed E-state index contributed by atoms with van der Waals surface area (Å²) in [4.78, 5) is 22.6. The van der Waals surface area contributed by atoms with Gasteiger partial charge in [0.05, 0.1) is 17.3 Å². The van der Waals surface area contributed by atoms with Crippen LogP contribution in [-0.4, -0.2) is 132 Å². The third kappa shape index (κ3) is 15.4. The molecular weight excluding hydrogens is 865 g/mol. The Morgan fingerprint density at radius 3 is 1.47 bits per heavy atom. The van der Waals surface area contributed by atoms with Gasteiger partial charge in [0.15, 0.2) is 0 Å². The summed E-state index contributed by atoms with van der Waals surface area (Å²) in [5.74, 6) is -2.94. The normalized spacial score (nSPS) is 12.7. The minimum atomic E-state index is -4.98. The molecule has 0 atom stereocenters. The van der Waals surface area contributed by atoms with Gasteiger partial charge in [-0.05, 0) is 34.9 Å². The number of hydrogen-bond donors (Lipinski definition) is 9. The van der Waals surface area contributed by atoms with Gasteiger partial charge in [-0.25, -0.2) is 9.97 Å². The van der Waals surface area contributed by atoms with Gasteiger partial charge in [0.25, 0.3) is 50.6 Å². The summed E-state index contributed by atoms with van der Waals surface area (Å²) in [5.41, 5.74) is -0.0442. The highest BCUT2D eigenvalue weighted by molar-refractivity contribution is 7.86. The number of benzene rings is 2. The Labute approximate surface area is 325 Å². The molecule has 0 saturated heterocycles. The highest BCUT2D eigenvalue weighted by Crippen LogP contribution is 2.27. The molecule has 0 spiro atoms. The van der Waals surface area contributed by atoms with E-state index in [2.05, 4.69) is 51.2 Å². The maximum atomic E-state index is 12.4. The highest BCUT2D eigenvalue weighted by atomic mass is 32.2. The minimum Gasteiger partial charge on any atom is -0.353 e. The Morgan fingerprint density at radius 1 is 0.526 bits per heavy atom. The van der Waals surface area contributed by atoms with Crippen LogP contribution < -0.4 is 21.3 Å². The van der Waals surface area contributed by atoms with E-state index in [4.69, 9.17) is 13.7 Å². The summed E-state index contributed by atoms with van der Waals surface area (Å²) in [6.45, 7) is -0.992. The summed E-state index contributed by atoms with van der Waals surface area (Å²) in [5, 5.41) is 10.2. The Balaban J connectivity index is 1.60. The standard InChI is InChI=1S/C27H32N10O15S5/c38-53(39,40)10-7-28-24-32-16-31-23(34-24)14-17-1-2-18(21(13-17)56(47,48)49)3-4-19-5-6-20(15-22(19)57(50,51)52)33-27-36-25(29-8-11-54(41,42)43)35-26(37-27)30-9-12-55(44,45)46/h1-6,13,15-16H,7-12,14H2,(H,38,39,40)(H,41,42,43)(H,44,45,46)(H,47,48,49)(H,50,51,52)(H,28,31,32,34)(H3,29,30,33,35,36,37)/b4-3+. The van der Waals surface area contributed by atoms with Crippen LogP contribution in [0, 0.1) is 0 Å². The van der Waals surface area contributed by atoms with Gasteiger partial charge in [0.2, 0.25) is 23.8 Å². The smallest absolute Gasteiger partial charge is 0.295 e. The molecule has 0 saturated carbocycles. The molecule has 310 valence electrons. The molecule has 0 fully saturated rings. The van der Waals surface area contributed by atoms with Crippen molar-refractivity contribution in [1.29, 1.82) is 0 Å². The lowest BCUT2D eigenvalue weighted by Gasteiger charge is -2.12. The van der Waals surface area contributed by atoms with Crippen LogP contribution in [0.25, 0.3) is 12.2 Å². The van der Waals surface area contributed by atoms with Crippen molar-refractivity contribution >= 4 is 92.2 Å². The largest absolute Gasteiger partial charge is 0.353 e. The molecule has 4 aromatic rings. The zero-order valence-corrected chi connectivity index (χ0v) is 32.8. The van der Waals surface area contributed by atoms with Gasteiger partial charge in [-0.15, -0.1) is 0 Å². The van der Waals surface area contributed by atoms with Crippen molar-refractivity contribution < 1.29 is 64.9 Å². The first kappa shape index (κ1) is 44.7. The lowest BCUT2D eigenvalue weighted by atomic mass is 10.1. The molecule has 2 heterocycles.